The van der Waals surface area contributed by atoms with Gasteiger partial charge in [0, 0.05) is 12.6 Å². The van der Waals surface area contributed by atoms with Gasteiger partial charge in [-0.05, 0) is 32.5 Å². The van der Waals surface area contributed by atoms with Gasteiger partial charge in [0.15, 0.2) is 0 Å². The number of likely N-dealkylation sites (N-methyl/N-ethyl adjacent to an activating group) is 1. The first-order chi connectivity index (χ1) is 8.56. The fourth-order valence-corrected chi connectivity index (χ4v) is 2.27. The lowest BCUT2D eigenvalue weighted by atomic mass is 10.1. The summed E-state index contributed by atoms with van der Waals surface area (Å²) in [5.41, 5.74) is 6.23. The summed E-state index contributed by atoms with van der Waals surface area (Å²) in [4.78, 5) is 17.3. The number of hydrogen-bond donors (Lipinski definition) is 3. The summed E-state index contributed by atoms with van der Waals surface area (Å²) < 4.78 is 0. The van der Waals surface area contributed by atoms with Crippen LogP contribution in [0.5, 0.6) is 0 Å². The molecule has 0 saturated carbocycles. The summed E-state index contributed by atoms with van der Waals surface area (Å²) in [6.07, 6.45) is 3.64. The minimum atomic E-state index is -0.990. The number of carboxylic acid groups (broad SMARTS) is 1. The van der Waals surface area contributed by atoms with Crippen LogP contribution in [0.4, 0.5) is 11.5 Å². The maximum atomic E-state index is 11.1. The average molecular weight is 250 g/mol. The molecule has 0 amide bonds. The van der Waals surface area contributed by atoms with Crippen LogP contribution >= 0.6 is 0 Å². The lowest BCUT2D eigenvalue weighted by Gasteiger charge is -2.31. The number of nitrogens with one attached hydrogen (secondary N) is 1. The van der Waals surface area contributed by atoms with Crippen LogP contribution < -0.4 is 11.1 Å². The number of aromatic nitrogens is 1. The van der Waals surface area contributed by atoms with E-state index in [1.807, 2.05) is 0 Å². The van der Waals surface area contributed by atoms with Crippen molar-refractivity contribution in [2.75, 3.05) is 31.2 Å². The maximum absolute atomic E-state index is 11.1. The molecule has 2 heterocycles. The van der Waals surface area contributed by atoms with Gasteiger partial charge < -0.3 is 21.1 Å². The van der Waals surface area contributed by atoms with Crippen LogP contribution in [0.2, 0.25) is 0 Å². The summed E-state index contributed by atoms with van der Waals surface area (Å²) in [5.74, 6) is -0.769. The van der Waals surface area contributed by atoms with Crippen molar-refractivity contribution in [1.29, 1.82) is 0 Å². The summed E-state index contributed by atoms with van der Waals surface area (Å²) in [5, 5.41) is 12.4. The number of piperidine rings is 1. The highest BCUT2D eigenvalue weighted by Crippen LogP contribution is 2.20. The molecule has 1 saturated heterocycles. The number of nitrogen functional groups attached to an aromatic ring is 1. The van der Waals surface area contributed by atoms with Gasteiger partial charge in [-0.25, -0.2) is 9.78 Å². The fourth-order valence-electron chi connectivity index (χ4n) is 2.27. The molecule has 1 unspecified atom stereocenters. The van der Waals surface area contributed by atoms with Crippen LogP contribution in [0.1, 0.15) is 23.2 Å². The van der Waals surface area contributed by atoms with E-state index in [1.165, 1.54) is 12.3 Å². The van der Waals surface area contributed by atoms with E-state index >= 15 is 0 Å². The lowest BCUT2D eigenvalue weighted by Crippen LogP contribution is -2.40. The average Bonchev–Trinajstić information content (AvgIpc) is 2.31. The molecular formula is C12H18N4O2. The number of nitrogens with zero attached hydrogens (tertiary/aromatic N) is 2. The van der Waals surface area contributed by atoms with Crippen molar-refractivity contribution in [1.82, 2.24) is 9.88 Å². The Morgan fingerprint density at radius 2 is 2.44 bits per heavy atom. The van der Waals surface area contributed by atoms with Gasteiger partial charge in [0.1, 0.15) is 5.82 Å². The first kappa shape index (κ1) is 12.6. The van der Waals surface area contributed by atoms with Gasteiger partial charge >= 0.3 is 5.97 Å². The highest BCUT2D eigenvalue weighted by molar-refractivity contribution is 5.94. The molecule has 2 rings (SSSR count). The number of nitrogens with two attached hydrogens (primary N) is 1. The predicted molar refractivity (Wildman–Crippen MR) is 69.8 cm³/mol. The number of carbonyl (C=O) groups is 1. The molecule has 1 aromatic rings. The Morgan fingerprint density at radius 3 is 3.11 bits per heavy atom. The van der Waals surface area contributed by atoms with Gasteiger partial charge in [-0.15, -0.1) is 0 Å². The summed E-state index contributed by atoms with van der Waals surface area (Å²) in [7, 11) is 2.06. The van der Waals surface area contributed by atoms with Crippen LogP contribution in [0.3, 0.4) is 0 Å². The minimum Gasteiger partial charge on any atom is -0.478 e. The molecule has 6 heteroatoms. The van der Waals surface area contributed by atoms with E-state index in [4.69, 9.17) is 10.8 Å². The fraction of sp³-hybridized carbons (Fsp3) is 0.500. The topological polar surface area (TPSA) is 91.5 Å². The number of rotatable bonds is 3. The highest BCUT2D eigenvalue weighted by Gasteiger charge is 2.19. The van der Waals surface area contributed by atoms with Crippen LogP contribution in [0.25, 0.3) is 0 Å². The summed E-state index contributed by atoms with van der Waals surface area (Å²) >= 11 is 0. The number of aromatic carboxylic acids is 1. The molecule has 6 nitrogen and oxygen atoms in total. The van der Waals surface area contributed by atoms with Crippen molar-refractivity contribution in [3.8, 4) is 0 Å². The second-order valence-corrected chi connectivity index (χ2v) is 4.71. The standard InChI is InChI=1S/C12H18N4O2/c1-16-4-2-3-8(7-16)15-10-6-14-11(13)5-9(10)12(17)18/h5-6,8,15H,2-4,7H2,1H3,(H2,13,14)(H,17,18). The first-order valence-electron chi connectivity index (χ1n) is 6.00. The van der Waals surface area contributed by atoms with Crippen molar-refractivity contribution in [3.63, 3.8) is 0 Å². The molecule has 1 fully saturated rings. The SMILES string of the molecule is CN1CCCC(Nc2cnc(N)cc2C(=O)O)C1. The van der Waals surface area contributed by atoms with Gasteiger partial charge in [-0.2, -0.15) is 0 Å². The molecular weight excluding hydrogens is 232 g/mol. The van der Waals surface area contributed by atoms with E-state index in [9.17, 15) is 4.79 Å². The highest BCUT2D eigenvalue weighted by atomic mass is 16.4. The van der Waals surface area contributed by atoms with Gasteiger partial charge in [0.25, 0.3) is 0 Å². The molecule has 0 radical (unpaired) electrons. The molecule has 0 aromatic carbocycles. The third kappa shape index (κ3) is 2.89. The number of carboxylic acids is 1. The third-order valence-corrected chi connectivity index (χ3v) is 3.14. The molecule has 0 bridgehead atoms. The Hall–Kier alpha value is -1.82. The van der Waals surface area contributed by atoms with Gasteiger partial charge in [-0.1, -0.05) is 0 Å². The number of hydrogen-bond acceptors (Lipinski definition) is 5. The van der Waals surface area contributed by atoms with Gasteiger partial charge in [-0.3, -0.25) is 0 Å². The van der Waals surface area contributed by atoms with Crippen LogP contribution in [-0.2, 0) is 0 Å². The van der Waals surface area contributed by atoms with Crippen LogP contribution in [0.15, 0.2) is 12.3 Å². The number of pyridine rings is 1. The smallest absolute Gasteiger partial charge is 0.337 e. The molecule has 1 aromatic heterocycles. The quantitative estimate of drug-likeness (QED) is 0.737. The number of anilines is 2. The van der Waals surface area contributed by atoms with Crippen molar-refractivity contribution >= 4 is 17.5 Å². The predicted octanol–water partition coefficient (Wildman–Crippen LogP) is 0.868. The second kappa shape index (κ2) is 5.22. The van der Waals surface area contributed by atoms with Crippen LogP contribution in [-0.4, -0.2) is 47.1 Å². The zero-order chi connectivity index (χ0) is 13.1. The van der Waals surface area contributed by atoms with Gasteiger partial charge in [0.05, 0.1) is 17.4 Å². The van der Waals surface area contributed by atoms with E-state index in [0.29, 0.717) is 5.69 Å². The van der Waals surface area contributed by atoms with Crippen molar-refractivity contribution in [3.05, 3.63) is 17.8 Å². The molecule has 0 aliphatic carbocycles. The molecule has 98 valence electrons. The van der Waals surface area contributed by atoms with E-state index in [1.54, 1.807) is 0 Å². The Bertz CT molecular complexity index is 450. The maximum Gasteiger partial charge on any atom is 0.337 e. The van der Waals surface area contributed by atoms with Crippen molar-refractivity contribution < 1.29 is 9.90 Å². The Balaban J connectivity index is 2.15. The van der Waals surface area contributed by atoms with Crippen molar-refractivity contribution in [2.45, 2.75) is 18.9 Å². The van der Waals surface area contributed by atoms with E-state index in [-0.39, 0.29) is 17.4 Å². The molecule has 1 atom stereocenters. The molecule has 4 N–H and O–H groups in total. The van der Waals surface area contributed by atoms with E-state index < -0.39 is 5.97 Å². The lowest BCUT2D eigenvalue weighted by molar-refractivity contribution is 0.0698. The van der Waals surface area contributed by atoms with E-state index in [0.717, 1.165) is 25.9 Å². The molecule has 1 aliphatic heterocycles. The Morgan fingerprint density at radius 1 is 1.67 bits per heavy atom. The van der Waals surface area contributed by atoms with Gasteiger partial charge in [0.2, 0.25) is 0 Å². The summed E-state index contributed by atoms with van der Waals surface area (Å²) in [6.45, 7) is 1.99. The third-order valence-electron chi connectivity index (χ3n) is 3.14. The largest absolute Gasteiger partial charge is 0.478 e. The second-order valence-electron chi connectivity index (χ2n) is 4.71. The molecule has 18 heavy (non-hydrogen) atoms. The van der Waals surface area contributed by atoms with Crippen LogP contribution in [0, 0.1) is 0 Å². The zero-order valence-electron chi connectivity index (χ0n) is 10.4. The monoisotopic (exact) mass is 250 g/mol. The number of likely N-dealkylation sites (tertiary alicyclic amines) is 1. The Kier molecular flexibility index (Phi) is 3.66. The normalized spacial score (nSPS) is 20.6. The zero-order valence-corrected chi connectivity index (χ0v) is 10.4. The summed E-state index contributed by atoms with van der Waals surface area (Å²) in [6, 6.07) is 1.64. The van der Waals surface area contributed by atoms with Crippen molar-refractivity contribution in [2.24, 2.45) is 0 Å². The Labute approximate surface area is 106 Å². The van der Waals surface area contributed by atoms with E-state index in [2.05, 4.69) is 22.2 Å². The first-order valence-corrected chi connectivity index (χ1v) is 6.00. The molecule has 0 spiro atoms. The molecule has 1 aliphatic rings. The minimum absolute atomic E-state index is 0.177.